The fourth-order valence-corrected chi connectivity index (χ4v) is 3.73. The lowest BCUT2D eigenvalue weighted by Crippen LogP contribution is -2.37. The summed E-state index contributed by atoms with van der Waals surface area (Å²) in [4.78, 5) is 17.6. The van der Waals surface area contributed by atoms with Crippen molar-refractivity contribution in [2.45, 2.75) is 57.4 Å². The maximum Gasteiger partial charge on any atom is 0.257 e. The van der Waals surface area contributed by atoms with E-state index in [0.717, 1.165) is 22.8 Å². The summed E-state index contributed by atoms with van der Waals surface area (Å²) in [6, 6.07) is 2.81. The molecule has 0 spiro atoms. The Morgan fingerprint density at radius 1 is 1.42 bits per heavy atom. The van der Waals surface area contributed by atoms with Crippen LogP contribution in [-0.4, -0.2) is 44.3 Å². The molecule has 1 aromatic carbocycles. The van der Waals surface area contributed by atoms with Crippen molar-refractivity contribution in [3.63, 3.8) is 0 Å². The molecule has 1 N–H and O–H groups in total. The fourth-order valence-electron chi connectivity index (χ4n) is 3.73. The van der Waals surface area contributed by atoms with Gasteiger partial charge in [-0.25, -0.2) is 9.37 Å². The molecule has 0 saturated carbocycles. The second kappa shape index (κ2) is 8.16. The number of rotatable bonds is 4. The molecular weight excluding hydrogens is 399 g/mol. The minimum atomic E-state index is -3.58. The fraction of sp³-hybridized carbons (Fsp3) is 0.522. The van der Waals surface area contributed by atoms with E-state index < -0.39 is 85.9 Å². The molecule has 7 nitrogen and oxygen atoms in total. The van der Waals surface area contributed by atoms with Crippen LogP contribution in [0.3, 0.4) is 0 Å². The molecule has 0 radical (unpaired) electrons. The van der Waals surface area contributed by atoms with Gasteiger partial charge in [-0.3, -0.25) is 9.36 Å². The van der Waals surface area contributed by atoms with Gasteiger partial charge in [-0.1, -0.05) is 5.16 Å². The lowest BCUT2D eigenvalue weighted by Gasteiger charge is -2.31. The van der Waals surface area contributed by atoms with Crippen LogP contribution in [0.5, 0.6) is 0 Å². The summed E-state index contributed by atoms with van der Waals surface area (Å²) in [5.41, 5.74) is -3.07. The summed E-state index contributed by atoms with van der Waals surface area (Å²) in [5.74, 6) is -4.33. The van der Waals surface area contributed by atoms with Crippen molar-refractivity contribution < 1.29 is 30.5 Å². The zero-order valence-electron chi connectivity index (χ0n) is 28.3. The van der Waals surface area contributed by atoms with E-state index in [-0.39, 0.29) is 34.7 Å². The van der Waals surface area contributed by atoms with Crippen LogP contribution in [0, 0.1) is 12.7 Å². The molecule has 1 saturated heterocycles. The maximum absolute atomic E-state index is 13.8. The quantitative estimate of drug-likeness (QED) is 0.674. The number of hydrogen-bond donors (Lipinski definition) is 1. The molecule has 1 unspecified atom stereocenters. The van der Waals surface area contributed by atoms with Gasteiger partial charge in [-0.15, -0.1) is 0 Å². The van der Waals surface area contributed by atoms with E-state index in [9.17, 15) is 14.3 Å². The standard InChI is InChI=1S/C23H27FN4O3/c1-14-17(23(30)28-9-2-3-19(29)22(28)25-14)8-12-27-10-6-15(7-11-27)21-18-5-4-16(24)13-20(18)31-26-21/h4-5,13,15,19,29H,2-3,6-12H2,1H3/i1D3,6D2,7D2,10D2,11D2,15D. The van der Waals surface area contributed by atoms with Crippen molar-refractivity contribution in [3.05, 3.63) is 57.1 Å². The highest BCUT2D eigenvalue weighted by Crippen LogP contribution is 2.32. The summed E-state index contributed by atoms with van der Waals surface area (Å²) in [6.07, 6.45) is -8.40. The van der Waals surface area contributed by atoms with Gasteiger partial charge in [0.25, 0.3) is 5.56 Å². The number of aliphatic hydroxyl groups excluding tert-OH is 1. The van der Waals surface area contributed by atoms with Gasteiger partial charge in [-0.2, -0.15) is 0 Å². The first-order chi connectivity index (χ1) is 19.6. The average molecular weight is 439 g/mol. The average Bonchev–Trinajstić information content (AvgIpc) is 3.31. The molecule has 5 rings (SSSR count). The number of aryl methyl sites for hydroxylation is 1. The van der Waals surface area contributed by atoms with Crippen LogP contribution in [0.25, 0.3) is 11.0 Å². The summed E-state index contributed by atoms with van der Waals surface area (Å²) in [7, 11) is 0. The largest absolute Gasteiger partial charge is 0.385 e. The topological polar surface area (TPSA) is 84.4 Å². The molecule has 8 heteroatoms. The third kappa shape index (κ3) is 3.78. The SMILES string of the molecule is [2H]C([2H])([2H])c1nc2n(c(=O)c1CCN1C([2H])([2H])C([2H])([2H])C([2H])(c3noc4cc(F)ccc34)C([2H])([2H])C1([2H])[2H])CCCC2O. The van der Waals surface area contributed by atoms with Crippen molar-refractivity contribution >= 4 is 11.0 Å². The minimum Gasteiger partial charge on any atom is -0.385 e. The van der Waals surface area contributed by atoms with E-state index in [2.05, 4.69) is 10.1 Å². The predicted molar refractivity (Wildman–Crippen MR) is 114 cm³/mol. The van der Waals surface area contributed by atoms with Crippen LogP contribution in [0.1, 0.15) is 76.8 Å². The minimum absolute atomic E-state index is 0.111. The van der Waals surface area contributed by atoms with E-state index in [1.165, 1.54) is 0 Å². The first-order valence-electron chi connectivity index (χ1n) is 15.8. The van der Waals surface area contributed by atoms with E-state index >= 15 is 0 Å². The van der Waals surface area contributed by atoms with Crippen LogP contribution < -0.4 is 5.56 Å². The Bertz CT molecular complexity index is 1630. The number of likely N-dealkylation sites (tertiary alicyclic amines) is 1. The molecule has 0 bridgehead atoms. The maximum atomic E-state index is 13.8. The van der Waals surface area contributed by atoms with Crippen LogP contribution in [-0.2, 0) is 13.0 Å². The highest BCUT2D eigenvalue weighted by atomic mass is 19.1. The Labute approximate surface area is 196 Å². The Kier molecular flexibility index (Phi) is 2.85. The van der Waals surface area contributed by atoms with E-state index in [1.807, 2.05) is 0 Å². The second-order valence-corrected chi connectivity index (χ2v) is 7.33. The molecule has 164 valence electrons. The van der Waals surface area contributed by atoms with Gasteiger partial charge in [0.2, 0.25) is 0 Å². The van der Waals surface area contributed by atoms with Gasteiger partial charge >= 0.3 is 0 Å². The van der Waals surface area contributed by atoms with Gasteiger partial charge in [0.15, 0.2) is 5.58 Å². The van der Waals surface area contributed by atoms with Crippen LogP contribution in [0.15, 0.2) is 27.5 Å². The van der Waals surface area contributed by atoms with Crippen LogP contribution in [0.2, 0.25) is 0 Å². The highest BCUT2D eigenvalue weighted by Gasteiger charge is 2.26. The summed E-state index contributed by atoms with van der Waals surface area (Å²) in [5, 5.41) is 13.7. The molecule has 31 heavy (non-hydrogen) atoms. The third-order valence-electron chi connectivity index (χ3n) is 5.34. The molecular formula is C23H27FN4O3. The van der Waals surface area contributed by atoms with Gasteiger partial charge in [-0.05, 0) is 64.0 Å². The van der Waals surface area contributed by atoms with E-state index in [1.54, 1.807) is 0 Å². The summed E-state index contributed by atoms with van der Waals surface area (Å²) >= 11 is 0. The number of aliphatic hydroxyl groups is 1. The lowest BCUT2D eigenvalue weighted by molar-refractivity contribution is 0.129. The third-order valence-corrected chi connectivity index (χ3v) is 5.34. The van der Waals surface area contributed by atoms with E-state index in [4.69, 9.17) is 21.0 Å². The number of benzene rings is 1. The molecule has 0 aliphatic carbocycles. The van der Waals surface area contributed by atoms with Crippen molar-refractivity contribution in [1.82, 2.24) is 19.6 Å². The lowest BCUT2D eigenvalue weighted by atomic mass is 9.91. The zero-order valence-corrected chi connectivity index (χ0v) is 16.3. The number of hydrogen-bond acceptors (Lipinski definition) is 6. The first kappa shape index (κ1) is 10.8. The number of aromatic nitrogens is 3. The molecule has 1 fully saturated rings. The van der Waals surface area contributed by atoms with Gasteiger partial charge < -0.3 is 14.5 Å². The van der Waals surface area contributed by atoms with Crippen molar-refractivity contribution in [1.29, 1.82) is 0 Å². The van der Waals surface area contributed by atoms with Gasteiger partial charge in [0.05, 0.1) is 5.69 Å². The summed E-state index contributed by atoms with van der Waals surface area (Å²) in [6.45, 7) is -10.7. The molecule has 4 heterocycles. The Balaban J connectivity index is 1.63. The van der Waals surface area contributed by atoms with Crippen molar-refractivity contribution in [2.24, 2.45) is 0 Å². The Morgan fingerprint density at radius 2 is 2.26 bits per heavy atom. The number of piperidine rings is 1. The van der Waals surface area contributed by atoms with Crippen LogP contribution >= 0.6 is 0 Å². The molecule has 2 aromatic heterocycles. The Hall–Kier alpha value is -2.58. The van der Waals surface area contributed by atoms with Gasteiger partial charge in [0, 0.05) is 58.1 Å². The highest BCUT2D eigenvalue weighted by molar-refractivity contribution is 5.79. The molecule has 3 aromatic rings. The van der Waals surface area contributed by atoms with Crippen molar-refractivity contribution in [3.8, 4) is 0 Å². The molecule has 2 aliphatic heterocycles. The zero-order chi connectivity index (χ0) is 32.1. The monoisotopic (exact) mass is 438 g/mol. The number of halogens is 1. The molecule has 0 amide bonds. The van der Waals surface area contributed by atoms with E-state index in [0.29, 0.717) is 6.42 Å². The Morgan fingerprint density at radius 3 is 3.06 bits per heavy atom. The first-order valence-corrected chi connectivity index (χ1v) is 9.77. The van der Waals surface area contributed by atoms with Gasteiger partial charge in [0.1, 0.15) is 17.7 Å². The summed E-state index contributed by atoms with van der Waals surface area (Å²) < 4.78 is 123. The number of nitrogens with zero attached hydrogens (tertiary/aromatic N) is 4. The molecule has 1 atom stereocenters. The van der Waals surface area contributed by atoms with Crippen molar-refractivity contribution in [2.75, 3.05) is 19.5 Å². The predicted octanol–water partition coefficient (Wildman–Crippen LogP) is 3.08. The van der Waals surface area contributed by atoms with Crippen LogP contribution in [0.4, 0.5) is 4.39 Å². The molecule has 2 aliphatic rings. The normalized spacial score (nSPS) is 33.9. The number of fused-ring (bicyclic) bond motifs is 2. The second-order valence-electron chi connectivity index (χ2n) is 7.33. The smallest absolute Gasteiger partial charge is 0.257 e.